The van der Waals surface area contributed by atoms with Gasteiger partial charge in [-0.05, 0) is 31.2 Å². The molecular weight excluding hydrogens is 373 g/mol. The van der Waals surface area contributed by atoms with Crippen molar-refractivity contribution in [1.29, 1.82) is 0 Å². The first-order valence-corrected chi connectivity index (χ1v) is 8.97. The lowest BCUT2D eigenvalue weighted by atomic mass is 10.1. The first kappa shape index (κ1) is 17.7. The van der Waals surface area contributed by atoms with Gasteiger partial charge < -0.3 is 14.2 Å². The van der Waals surface area contributed by atoms with Gasteiger partial charge >= 0.3 is 0 Å². The van der Waals surface area contributed by atoms with Crippen molar-refractivity contribution in [2.45, 2.75) is 25.9 Å². The Hall–Kier alpha value is -2.74. The highest BCUT2D eigenvalue weighted by Gasteiger charge is 2.23. The van der Waals surface area contributed by atoms with Crippen molar-refractivity contribution >= 4 is 17.4 Å². The Balaban J connectivity index is 1.37. The number of anilines is 1. The predicted molar refractivity (Wildman–Crippen MR) is 97.3 cm³/mol. The molecule has 1 aliphatic rings. The van der Waals surface area contributed by atoms with Gasteiger partial charge in [-0.3, -0.25) is 0 Å². The molecule has 0 N–H and O–H groups in total. The molecule has 0 amide bonds. The van der Waals surface area contributed by atoms with Gasteiger partial charge in [-0.25, -0.2) is 4.39 Å². The SMILES string of the molecule is Cc1noc(-c2ccc(N3CCC(Oc4cc(F)ccc4Cl)CC3)nn2)n1. The summed E-state index contributed by atoms with van der Waals surface area (Å²) in [6.07, 6.45) is 1.53. The molecule has 1 aromatic carbocycles. The number of rotatable bonds is 4. The molecule has 27 heavy (non-hydrogen) atoms. The van der Waals surface area contributed by atoms with Gasteiger partial charge in [-0.1, -0.05) is 16.8 Å². The molecule has 1 fully saturated rings. The molecule has 140 valence electrons. The van der Waals surface area contributed by atoms with Gasteiger partial charge in [-0.2, -0.15) is 4.98 Å². The molecule has 3 heterocycles. The van der Waals surface area contributed by atoms with Crippen LogP contribution in [0.4, 0.5) is 10.2 Å². The molecule has 0 atom stereocenters. The molecular formula is C18H17ClFN5O2. The predicted octanol–water partition coefficient (Wildman–Crippen LogP) is 3.68. The zero-order valence-electron chi connectivity index (χ0n) is 14.6. The second-order valence-electron chi connectivity index (χ2n) is 6.30. The summed E-state index contributed by atoms with van der Waals surface area (Å²) in [5.74, 6) is 1.70. The van der Waals surface area contributed by atoms with Crippen LogP contribution in [-0.2, 0) is 0 Å². The first-order valence-electron chi connectivity index (χ1n) is 8.59. The van der Waals surface area contributed by atoms with Gasteiger partial charge in [0.25, 0.3) is 5.89 Å². The minimum Gasteiger partial charge on any atom is -0.489 e. The third kappa shape index (κ3) is 4.00. The largest absolute Gasteiger partial charge is 0.489 e. The molecule has 3 aromatic rings. The average molecular weight is 390 g/mol. The lowest BCUT2D eigenvalue weighted by molar-refractivity contribution is 0.170. The van der Waals surface area contributed by atoms with E-state index in [1.807, 2.05) is 12.1 Å². The number of benzene rings is 1. The highest BCUT2D eigenvalue weighted by atomic mass is 35.5. The minimum atomic E-state index is -0.362. The van der Waals surface area contributed by atoms with Crippen molar-refractivity contribution < 1.29 is 13.7 Å². The normalized spacial score (nSPS) is 15.1. The van der Waals surface area contributed by atoms with Crippen LogP contribution in [0.1, 0.15) is 18.7 Å². The molecule has 0 radical (unpaired) electrons. The summed E-state index contributed by atoms with van der Waals surface area (Å²) < 4.78 is 24.3. The van der Waals surface area contributed by atoms with E-state index in [1.54, 1.807) is 6.92 Å². The van der Waals surface area contributed by atoms with Gasteiger partial charge in [0, 0.05) is 32.0 Å². The van der Waals surface area contributed by atoms with E-state index < -0.39 is 0 Å². The van der Waals surface area contributed by atoms with Crippen LogP contribution in [0.5, 0.6) is 5.75 Å². The van der Waals surface area contributed by atoms with Crippen LogP contribution in [0.3, 0.4) is 0 Å². The van der Waals surface area contributed by atoms with Gasteiger partial charge in [0.2, 0.25) is 0 Å². The Morgan fingerprint density at radius 2 is 2.00 bits per heavy atom. The third-order valence-electron chi connectivity index (χ3n) is 4.35. The summed E-state index contributed by atoms with van der Waals surface area (Å²) >= 11 is 6.07. The first-order chi connectivity index (χ1) is 13.1. The molecule has 9 heteroatoms. The molecule has 1 aliphatic heterocycles. The van der Waals surface area contributed by atoms with Crippen molar-refractivity contribution in [2.75, 3.05) is 18.0 Å². The van der Waals surface area contributed by atoms with Crippen molar-refractivity contribution in [1.82, 2.24) is 20.3 Å². The van der Waals surface area contributed by atoms with Crippen LogP contribution >= 0.6 is 11.6 Å². The zero-order valence-corrected chi connectivity index (χ0v) is 15.4. The number of halogens is 2. The fourth-order valence-corrected chi connectivity index (χ4v) is 3.12. The van der Waals surface area contributed by atoms with E-state index in [4.69, 9.17) is 20.9 Å². The van der Waals surface area contributed by atoms with E-state index in [0.29, 0.717) is 28.2 Å². The Morgan fingerprint density at radius 3 is 2.67 bits per heavy atom. The molecule has 1 saturated heterocycles. The molecule has 4 rings (SSSR count). The van der Waals surface area contributed by atoms with E-state index >= 15 is 0 Å². The van der Waals surface area contributed by atoms with E-state index in [-0.39, 0.29) is 11.9 Å². The van der Waals surface area contributed by atoms with Crippen molar-refractivity contribution in [2.24, 2.45) is 0 Å². The van der Waals surface area contributed by atoms with Crippen LogP contribution < -0.4 is 9.64 Å². The number of aryl methyl sites for hydroxylation is 1. The summed E-state index contributed by atoms with van der Waals surface area (Å²) in [5.41, 5.74) is 0.540. The molecule has 0 unspecified atom stereocenters. The Morgan fingerprint density at radius 1 is 1.19 bits per heavy atom. The zero-order chi connectivity index (χ0) is 18.8. The maximum Gasteiger partial charge on any atom is 0.278 e. The molecule has 0 saturated carbocycles. The molecule has 0 aliphatic carbocycles. The van der Waals surface area contributed by atoms with Crippen LogP contribution in [0.25, 0.3) is 11.6 Å². The number of ether oxygens (including phenoxy) is 1. The van der Waals surface area contributed by atoms with Crippen LogP contribution in [0.2, 0.25) is 5.02 Å². The van der Waals surface area contributed by atoms with E-state index in [2.05, 4.69) is 25.2 Å². The summed E-state index contributed by atoms with van der Waals surface area (Å²) in [6.45, 7) is 3.26. The van der Waals surface area contributed by atoms with Crippen LogP contribution in [-0.4, -0.2) is 39.5 Å². The lowest BCUT2D eigenvalue weighted by Gasteiger charge is -2.32. The second-order valence-corrected chi connectivity index (χ2v) is 6.71. The topological polar surface area (TPSA) is 77.2 Å². The van der Waals surface area contributed by atoms with Crippen molar-refractivity contribution in [3.8, 4) is 17.3 Å². The van der Waals surface area contributed by atoms with E-state index in [0.717, 1.165) is 31.7 Å². The molecule has 0 spiro atoms. The minimum absolute atomic E-state index is 0.0193. The van der Waals surface area contributed by atoms with E-state index in [1.165, 1.54) is 18.2 Å². The number of nitrogens with zero attached hydrogens (tertiary/aromatic N) is 5. The number of piperidine rings is 1. The summed E-state index contributed by atoms with van der Waals surface area (Å²) in [6, 6.07) is 7.83. The standard InChI is InChI=1S/C18H17ClFN5O2/c1-11-21-18(27-24-11)15-4-5-17(23-22-15)25-8-6-13(7-9-25)26-16-10-12(20)2-3-14(16)19/h2-5,10,13H,6-9H2,1H3. The smallest absolute Gasteiger partial charge is 0.278 e. The second kappa shape index (κ2) is 7.48. The van der Waals surface area contributed by atoms with Crippen LogP contribution in [0, 0.1) is 12.7 Å². The summed E-state index contributed by atoms with van der Waals surface area (Å²) in [4.78, 5) is 6.27. The van der Waals surface area contributed by atoms with Crippen LogP contribution in [0.15, 0.2) is 34.9 Å². The molecule has 0 bridgehead atoms. The summed E-state index contributed by atoms with van der Waals surface area (Å²) in [7, 11) is 0. The van der Waals surface area contributed by atoms with Gasteiger partial charge in [-0.15, -0.1) is 10.2 Å². The van der Waals surface area contributed by atoms with E-state index in [9.17, 15) is 4.39 Å². The molecule has 2 aromatic heterocycles. The van der Waals surface area contributed by atoms with Gasteiger partial charge in [0.15, 0.2) is 17.3 Å². The third-order valence-corrected chi connectivity index (χ3v) is 4.66. The monoisotopic (exact) mass is 389 g/mol. The highest BCUT2D eigenvalue weighted by molar-refractivity contribution is 6.32. The van der Waals surface area contributed by atoms with Crippen molar-refractivity contribution in [3.63, 3.8) is 0 Å². The maximum absolute atomic E-state index is 13.4. The number of hydrogen-bond acceptors (Lipinski definition) is 7. The molecule has 7 nitrogen and oxygen atoms in total. The Bertz CT molecular complexity index is 926. The quantitative estimate of drug-likeness (QED) is 0.673. The fourth-order valence-electron chi connectivity index (χ4n) is 2.96. The van der Waals surface area contributed by atoms with Gasteiger partial charge in [0.1, 0.15) is 17.7 Å². The fraction of sp³-hybridized carbons (Fsp3) is 0.333. The van der Waals surface area contributed by atoms with Gasteiger partial charge in [0.05, 0.1) is 5.02 Å². The lowest BCUT2D eigenvalue weighted by Crippen LogP contribution is -2.38. The Kier molecular flexibility index (Phi) is 4.89. The van der Waals surface area contributed by atoms with Crippen molar-refractivity contribution in [3.05, 3.63) is 47.0 Å². The summed E-state index contributed by atoms with van der Waals surface area (Å²) in [5, 5.41) is 12.6. The highest BCUT2D eigenvalue weighted by Crippen LogP contribution is 2.29. The number of hydrogen-bond donors (Lipinski definition) is 0. The maximum atomic E-state index is 13.4. The number of aromatic nitrogens is 4. The average Bonchev–Trinajstić information content (AvgIpc) is 3.12. The Labute approximate surface area is 160 Å².